The molecular weight excluding hydrogens is 386 g/mol. The summed E-state index contributed by atoms with van der Waals surface area (Å²) in [5, 5.41) is 0.383. The molecule has 0 saturated heterocycles. The molecule has 7 heteroatoms. The molecule has 4 rings (SSSR count). The number of nitrogens with zero attached hydrogens (tertiary/aromatic N) is 3. The third kappa shape index (κ3) is 2.41. The quantitative estimate of drug-likeness (QED) is 0.661. The smallest absolute Gasteiger partial charge is 0.296 e. The molecule has 0 atom stereocenters. The van der Waals surface area contributed by atoms with Crippen LogP contribution in [0.5, 0.6) is 0 Å². The number of fused-ring (bicyclic) bond motifs is 1. The van der Waals surface area contributed by atoms with E-state index in [-0.39, 0.29) is 17.2 Å². The third-order valence-electron chi connectivity index (χ3n) is 4.62. The predicted molar refractivity (Wildman–Crippen MR) is 99.8 cm³/mol. The molecule has 6 nitrogen and oxygen atoms in total. The highest BCUT2D eigenvalue weighted by Crippen LogP contribution is 2.32. The van der Waals surface area contributed by atoms with Crippen molar-refractivity contribution >= 4 is 27.0 Å². The maximum absolute atomic E-state index is 13.1. The highest BCUT2D eigenvalue weighted by atomic mass is 79.9. The van der Waals surface area contributed by atoms with Crippen molar-refractivity contribution in [2.24, 2.45) is 7.05 Å². The van der Waals surface area contributed by atoms with Crippen LogP contribution in [0.4, 0.5) is 0 Å². The van der Waals surface area contributed by atoms with Gasteiger partial charge in [0.2, 0.25) is 0 Å². The average molecular weight is 402 g/mol. The first kappa shape index (κ1) is 16.1. The highest BCUT2D eigenvalue weighted by Gasteiger charge is 2.30. The van der Waals surface area contributed by atoms with E-state index in [2.05, 4.69) is 15.9 Å². The molecule has 1 aliphatic rings. The fourth-order valence-electron chi connectivity index (χ4n) is 3.20. The first-order chi connectivity index (χ1) is 11.9. The molecule has 0 amide bonds. The lowest BCUT2D eigenvalue weighted by molar-refractivity contribution is 0.637. The Morgan fingerprint density at radius 1 is 1.04 bits per heavy atom. The number of aromatic nitrogens is 3. The standard InChI is InChI=1S/C18H16BrN3O3/c1-10-9-14-15(20(2)16(10)23)21(12-5-3-11(19)4-6-12)18(25)22(17(14)24)13-7-8-13/h3-6,9,13H,7-8H2,1-2H3. The van der Waals surface area contributed by atoms with Crippen molar-refractivity contribution in [2.45, 2.75) is 25.8 Å². The topological polar surface area (TPSA) is 66.0 Å². The van der Waals surface area contributed by atoms with Gasteiger partial charge in [-0.2, -0.15) is 0 Å². The Kier molecular flexibility index (Phi) is 3.57. The first-order valence-electron chi connectivity index (χ1n) is 8.04. The second-order valence-corrected chi connectivity index (χ2v) is 7.35. The van der Waals surface area contributed by atoms with Gasteiger partial charge in [-0.3, -0.25) is 18.7 Å². The molecule has 1 aliphatic carbocycles. The molecule has 3 aromatic rings. The molecular formula is C18H16BrN3O3. The molecule has 0 bridgehead atoms. The number of pyridine rings is 1. The van der Waals surface area contributed by atoms with Crippen molar-refractivity contribution in [3.8, 4) is 5.69 Å². The molecule has 0 aliphatic heterocycles. The van der Waals surface area contributed by atoms with Crippen LogP contribution in [-0.4, -0.2) is 13.7 Å². The zero-order chi connectivity index (χ0) is 17.9. The maximum atomic E-state index is 13.1. The second kappa shape index (κ2) is 5.56. The minimum atomic E-state index is -0.402. The van der Waals surface area contributed by atoms with Crippen LogP contribution in [0.15, 0.2) is 49.2 Å². The van der Waals surface area contributed by atoms with E-state index < -0.39 is 5.69 Å². The Hall–Kier alpha value is -2.41. The number of rotatable bonds is 2. The maximum Gasteiger partial charge on any atom is 0.337 e. The van der Waals surface area contributed by atoms with E-state index in [1.807, 2.05) is 12.1 Å². The van der Waals surface area contributed by atoms with E-state index in [4.69, 9.17) is 0 Å². The first-order valence-corrected chi connectivity index (χ1v) is 8.83. The van der Waals surface area contributed by atoms with E-state index >= 15 is 0 Å². The largest absolute Gasteiger partial charge is 0.337 e. The van der Waals surface area contributed by atoms with Gasteiger partial charge in [-0.05, 0) is 50.1 Å². The molecule has 0 unspecified atom stereocenters. The fourth-order valence-corrected chi connectivity index (χ4v) is 3.47. The summed E-state index contributed by atoms with van der Waals surface area (Å²) in [6, 6.07) is 8.77. The van der Waals surface area contributed by atoms with Crippen LogP contribution in [0.25, 0.3) is 16.7 Å². The Bertz CT molecular complexity index is 1180. The molecule has 1 aromatic carbocycles. The van der Waals surface area contributed by atoms with Gasteiger partial charge in [0.25, 0.3) is 11.1 Å². The summed E-state index contributed by atoms with van der Waals surface area (Å²) in [6.07, 6.45) is 1.65. The number of aryl methyl sites for hydroxylation is 2. The van der Waals surface area contributed by atoms with Crippen LogP contribution in [0, 0.1) is 6.92 Å². The fraction of sp³-hybridized carbons (Fsp3) is 0.278. The zero-order valence-corrected chi connectivity index (χ0v) is 15.4. The van der Waals surface area contributed by atoms with Crippen molar-refractivity contribution in [1.82, 2.24) is 13.7 Å². The SMILES string of the molecule is Cc1cc2c(=O)n(C3CC3)c(=O)n(-c3ccc(Br)cc3)c2n(C)c1=O. The average Bonchev–Trinajstić information content (AvgIpc) is 3.40. The summed E-state index contributed by atoms with van der Waals surface area (Å²) >= 11 is 3.38. The van der Waals surface area contributed by atoms with Gasteiger partial charge in [0.1, 0.15) is 5.65 Å². The van der Waals surface area contributed by atoms with Gasteiger partial charge in [-0.25, -0.2) is 9.36 Å². The molecule has 0 spiro atoms. The van der Waals surface area contributed by atoms with Crippen molar-refractivity contribution in [3.63, 3.8) is 0 Å². The van der Waals surface area contributed by atoms with Crippen LogP contribution >= 0.6 is 15.9 Å². The number of benzene rings is 1. The summed E-state index contributed by atoms with van der Waals surface area (Å²) in [5.74, 6) is 0. The van der Waals surface area contributed by atoms with Gasteiger partial charge in [0, 0.05) is 23.1 Å². The summed E-state index contributed by atoms with van der Waals surface area (Å²) < 4.78 is 5.05. The zero-order valence-electron chi connectivity index (χ0n) is 13.8. The van der Waals surface area contributed by atoms with Crippen LogP contribution in [0.1, 0.15) is 24.4 Å². The Morgan fingerprint density at radius 3 is 2.28 bits per heavy atom. The third-order valence-corrected chi connectivity index (χ3v) is 5.15. The van der Waals surface area contributed by atoms with Crippen molar-refractivity contribution in [1.29, 1.82) is 0 Å². The van der Waals surface area contributed by atoms with Gasteiger partial charge in [-0.1, -0.05) is 15.9 Å². The van der Waals surface area contributed by atoms with Crippen molar-refractivity contribution < 1.29 is 0 Å². The van der Waals surface area contributed by atoms with Crippen molar-refractivity contribution in [2.75, 3.05) is 0 Å². The van der Waals surface area contributed by atoms with E-state index in [0.717, 1.165) is 17.3 Å². The van der Waals surface area contributed by atoms with Crippen LogP contribution in [0.3, 0.4) is 0 Å². The Morgan fingerprint density at radius 2 is 1.68 bits per heavy atom. The summed E-state index contributed by atoms with van der Waals surface area (Å²) in [7, 11) is 1.59. The lowest BCUT2D eigenvalue weighted by Crippen LogP contribution is -2.41. The van der Waals surface area contributed by atoms with E-state index in [0.29, 0.717) is 22.3 Å². The molecule has 0 N–H and O–H groups in total. The summed E-state index contributed by atoms with van der Waals surface area (Å²) in [6.45, 7) is 1.68. The van der Waals surface area contributed by atoms with Gasteiger partial charge < -0.3 is 0 Å². The molecule has 128 valence electrons. The van der Waals surface area contributed by atoms with Crippen LogP contribution in [-0.2, 0) is 7.05 Å². The second-order valence-electron chi connectivity index (χ2n) is 6.43. The monoisotopic (exact) mass is 401 g/mol. The Labute approximate surface area is 151 Å². The normalized spacial score (nSPS) is 14.2. The number of hydrogen-bond acceptors (Lipinski definition) is 3. The van der Waals surface area contributed by atoms with E-state index in [9.17, 15) is 14.4 Å². The molecule has 25 heavy (non-hydrogen) atoms. The predicted octanol–water partition coefficient (Wildman–Crippen LogP) is 2.26. The molecule has 2 aromatic heterocycles. The van der Waals surface area contributed by atoms with Crippen LogP contribution in [0.2, 0.25) is 0 Å². The van der Waals surface area contributed by atoms with Crippen molar-refractivity contribution in [3.05, 3.63) is 71.6 Å². The molecule has 0 radical (unpaired) electrons. The van der Waals surface area contributed by atoms with Gasteiger partial charge in [0.15, 0.2) is 0 Å². The lowest BCUT2D eigenvalue weighted by atomic mass is 10.2. The number of halogens is 1. The van der Waals surface area contributed by atoms with Gasteiger partial charge >= 0.3 is 5.69 Å². The molecule has 1 fully saturated rings. The minimum Gasteiger partial charge on any atom is -0.296 e. The van der Waals surface area contributed by atoms with Gasteiger partial charge in [0.05, 0.1) is 11.1 Å². The van der Waals surface area contributed by atoms with Crippen LogP contribution < -0.4 is 16.8 Å². The molecule has 1 saturated carbocycles. The van der Waals surface area contributed by atoms with E-state index in [1.54, 1.807) is 32.2 Å². The number of hydrogen-bond donors (Lipinski definition) is 0. The Balaban J connectivity index is 2.25. The minimum absolute atomic E-state index is 0.0522. The highest BCUT2D eigenvalue weighted by molar-refractivity contribution is 9.10. The van der Waals surface area contributed by atoms with E-state index in [1.165, 1.54) is 13.7 Å². The summed E-state index contributed by atoms with van der Waals surface area (Å²) in [5.41, 5.74) is 0.476. The molecule has 2 heterocycles. The lowest BCUT2D eigenvalue weighted by Gasteiger charge is -2.16. The summed E-state index contributed by atoms with van der Waals surface area (Å²) in [4.78, 5) is 38.4. The van der Waals surface area contributed by atoms with Gasteiger partial charge in [-0.15, -0.1) is 0 Å².